The molecule has 1 saturated heterocycles. The van der Waals surface area contributed by atoms with E-state index in [4.69, 9.17) is 10.1 Å². The van der Waals surface area contributed by atoms with E-state index in [1.807, 2.05) is 17.0 Å². The van der Waals surface area contributed by atoms with Crippen LogP contribution in [-0.4, -0.2) is 34.8 Å². The Morgan fingerprint density at radius 2 is 1.96 bits per heavy atom. The molecular formula is C23H22N2O3. The standard InChI is InChI=1S/C23H22N2O3/c1-12-3-4-14-15(7-12)16-8-13(11-26)20(28-2)9-17(16)18-10-25-19(5-6-21(25)27)23(24)22(14)18/h3-4,7-9,19,24,26H,5-6,10-11H2,1-2H3/t19-/m0/s1. The molecule has 5 nitrogen and oxygen atoms in total. The lowest BCUT2D eigenvalue weighted by molar-refractivity contribution is -0.128. The lowest BCUT2D eigenvalue weighted by atomic mass is 9.83. The number of carbonyl (C=O) groups is 1. The number of nitrogens with zero attached hydrogens (tertiary/aromatic N) is 1. The van der Waals surface area contributed by atoms with Crippen molar-refractivity contribution in [3.63, 3.8) is 0 Å². The third-order valence-corrected chi connectivity index (χ3v) is 6.21. The zero-order valence-corrected chi connectivity index (χ0v) is 16.0. The van der Waals surface area contributed by atoms with Crippen molar-refractivity contribution in [2.24, 2.45) is 0 Å². The fourth-order valence-corrected chi connectivity index (χ4v) is 4.85. The van der Waals surface area contributed by atoms with Crippen molar-refractivity contribution in [3.8, 4) is 5.75 Å². The van der Waals surface area contributed by atoms with E-state index in [9.17, 15) is 9.90 Å². The number of rotatable bonds is 2. The van der Waals surface area contributed by atoms with Gasteiger partial charge in [0.25, 0.3) is 0 Å². The molecule has 2 N–H and O–H groups in total. The van der Waals surface area contributed by atoms with Crippen LogP contribution in [-0.2, 0) is 17.9 Å². The normalized spacial score (nSPS) is 18.7. The second-order valence-corrected chi connectivity index (χ2v) is 7.76. The predicted molar refractivity (Wildman–Crippen MR) is 109 cm³/mol. The fourth-order valence-electron chi connectivity index (χ4n) is 4.85. The summed E-state index contributed by atoms with van der Waals surface area (Å²) in [5.74, 6) is 0.752. The Balaban J connectivity index is 1.94. The highest BCUT2D eigenvalue weighted by Gasteiger charge is 2.40. The summed E-state index contributed by atoms with van der Waals surface area (Å²) in [6, 6.07) is 10.1. The van der Waals surface area contributed by atoms with Crippen LogP contribution in [0.3, 0.4) is 0 Å². The number of hydrogen-bond donors (Lipinski definition) is 2. The fraction of sp³-hybridized carbons (Fsp3) is 0.304. The maximum atomic E-state index is 12.4. The number of hydrogen-bond acceptors (Lipinski definition) is 4. The van der Waals surface area contributed by atoms with Crippen LogP contribution in [0.25, 0.3) is 21.5 Å². The van der Waals surface area contributed by atoms with Gasteiger partial charge in [0.15, 0.2) is 0 Å². The molecule has 2 aliphatic rings. The van der Waals surface area contributed by atoms with Crippen LogP contribution in [0.2, 0.25) is 0 Å². The molecule has 5 rings (SSSR count). The first-order valence-electron chi connectivity index (χ1n) is 9.58. The third kappa shape index (κ3) is 2.23. The van der Waals surface area contributed by atoms with Gasteiger partial charge < -0.3 is 20.2 Å². The predicted octanol–water partition coefficient (Wildman–Crippen LogP) is 3.67. The first-order chi connectivity index (χ1) is 13.5. The van der Waals surface area contributed by atoms with Crippen molar-refractivity contribution in [1.29, 1.82) is 5.41 Å². The average molecular weight is 374 g/mol. The van der Waals surface area contributed by atoms with Crippen LogP contribution in [0.5, 0.6) is 5.75 Å². The van der Waals surface area contributed by atoms with E-state index in [0.717, 1.165) is 50.2 Å². The van der Waals surface area contributed by atoms with Crippen molar-refractivity contribution in [1.82, 2.24) is 4.90 Å². The zero-order valence-electron chi connectivity index (χ0n) is 16.0. The summed E-state index contributed by atoms with van der Waals surface area (Å²) in [6.07, 6.45) is 1.23. The molecule has 0 spiro atoms. The van der Waals surface area contributed by atoms with E-state index < -0.39 is 0 Å². The molecule has 2 heterocycles. The van der Waals surface area contributed by atoms with Crippen molar-refractivity contribution in [3.05, 3.63) is 52.6 Å². The summed E-state index contributed by atoms with van der Waals surface area (Å²) in [7, 11) is 1.60. The summed E-state index contributed by atoms with van der Waals surface area (Å²) >= 11 is 0. The van der Waals surface area contributed by atoms with Gasteiger partial charge in [-0.3, -0.25) is 4.79 Å². The minimum Gasteiger partial charge on any atom is -0.496 e. The summed E-state index contributed by atoms with van der Waals surface area (Å²) in [6.45, 7) is 2.47. The monoisotopic (exact) mass is 374 g/mol. The summed E-state index contributed by atoms with van der Waals surface area (Å²) in [4.78, 5) is 14.2. The second kappa shape index (κ2) is 6.04. The molecule has 0 radical (unpaired) electrons. The molecule has 0 bridgehead atoms. The quantitative estimate of drug-likeness (QED) is 0.672. The van der Waals surface area contributed by atoms with E-state index in [2.05, 4.69) is 25.1 Å². The molecule has 28 heavy (non-hydrogen) atoms. The largest absolute Gasteiger partial charge is 0.496 e. The Morgan fingerprint density at radius 1 is 1.18 bits per heavy atom. The maximum Gasteiger partial charge on any atom is 0.223 e. The smallest absolute Gasteiger partial charge is 0.223 e. The Morgan fingerprint density at radius 3 is 2.71 bits per heavy atom. The maximum absolute atomic E-state index is 12.4. The molecule has 142 valence electrons. The van der Waals surface area contributed by atoms with Crippen molar-refractivity contribution in [2.45, 2.75) is 39.0 Å². The minimum atomic E-state index is -0.124. The van der Waals surface area contributed by atoms with Gasteiger partial charge in [-0.2, -0.15) is 0 Å². The van der Waals surface area contributed by atoms with Gasteiger partial charge in [-0.05, 0) is 52.6 Å². The Bertz CT molecular complexity index is 1180. The summed E-state index contributed by atoms with van der Waals surface area (Å²) in [5, 5.41) is 22.9. The molecular weight excluding hydrogens is 352 g/mol. The van der Waals surface area contributed by atoms with Gasteiger partial charge >= 0.3 is 0 Å². The van der Waals surface area contributed by atoms with Crippen molar-refractivity contribution < 1.29 is 14.6 Å². The number of fused-ring (bicyclic) bond motifs is 7. The third-order valence-electron chi connectivity index (χ3n) is 6.21. The van der Waals surface area contributed by atoms with E-state index in [1.165, 1.54) is 0 Å². The van der Waals surface area contributed by atoms with Crippen molar-refractivity contribution in [2.75, 3.05) is 7.11 Å². The number of amides is 1. The molecule has 3 aromatic rings. The van der Waals surface area contributed by atoms with Crippen LogP contribution in [0.4, 0.5) is 0 Å². The molecule has 0 saturated carbocycles. The number of methoxy groups -OCH3 is 1. The van der Waals surface area contributed by atoms with Crippen LogP contribution in [0.1, 0.15) is 35.1 Å². The Labute approximate surface area is 163 Å². The molecule has 1 atom stereocenters. The molecule has 3 aromatic carbocycles. The minimum absolute atomic E-state index is 0.105. The summed E-state index contributed by atoms with van der Waals surface area (Å²) in [5.41, 5.74) is 4.38. The molecule has 5 heteroatoms. The van der Waals surface area contributed by atoms with Gasteiger partial charge in [0.2, 0.25) is 5.91 Å². The summed E-state index contributed by atoms with van der Waals surface area (Å²) < 4.78 is 5.51. The van der Waals surface area contributed by atoms with Crippen LogP contribution in [0, 0.1) is 12.3 Å². The molecule has 0 aromatic heterocycles. The van der Waals surface area contributed by atoms with Gasteiger partial charge in [-0.25, -0.2) is 0 Å². The lowest BCUT2D eigenvalue weighted by Crippen LogP contribution is -2.42. The number of benzene rings is 3. The van der Waals surface area contributed by atoms with E-state index in [0.29, 0.717) is 24.4 Å². The van der Waals surface area contributed by atoms with Crippen molar-refractivity contribution >= 4 is 33.2 Å². The number of nitrogens with one attached hydrogen (secondary N) is 1. The molecule has 0 unspecified atom stereocenters. The molecule has 1 fully saturated rings. The van der Waals surface area contributed by atoms with Gasteiger partial charge in [0, 0.05) is 24.1 Å². The lowest BCUT2D eigenvalue weighted by Gasteiger charge is -2.34. The topological polar surface area (TPSA) is 73.6 Å². The van der Waals surface area contributed by atoms with E-state index in [-0.39, 0.29) is 18.6 Å². The first-order valence-corrected chi connectivity index (χ1v) is 9.58. The number of aliphatic hydroxyl groups is 1. The van der Waals surface area contributed by atoms with Gasteiger partial charge in [-0.15, -0.1) is 0 Å². The molecule has 1 amide bonds. The van der Waals surface area contributed by atoms with Crippen LogP contribution in [0.15, 0.2) is 30.3 Å². The Kier molecular flexibility index (Phi) is 3.71. The number of aryl methyl sites for hydroxylation is 1. The highest BCUT2D eigenvalue weighted by Crippen LogP contribution is 2.42. The van der Waals surface area contributed by atoms with E-state index in [1.54, 1.807) is 7.11 Å². The molecule has 0 aliphatic carbocycles. The number of aliphatic hydroxyl groups excluding tert-OH is 1. The van der Waals surface area contributed by atoms with Gasteiger partial charge in [0.1, 0.15) is 5.75 Å². The van der Waals surface area contributed by atoms with Gasteiger partial charge in [-0.1, -0.05) is 23.8 Å². The highest BCUT2D eigenvalue weighted by molar-refractivity contribution is 6.23. The van der Waals surface area contributed by atoms with Gasteiger partial charge in [0.05, 0.1) is 25.5 Å². The average Bonchev–Trinajstić information content (AvgIpc) is 3.08. The first kappa shape index (κ1) is 17.2. The highest BCUT2D eigenvalue weighted by atomic mass is 16.5. The number of ether oxygens (including phenoxy) is 1. The van der Waals surface area contributed by atoms with Crippen LogP contribution >= 0.6 is 0 Å². The zero-order chi connectivity index (χ0) is 19.6. The molecule has 2 aliphatic heterocycles. The Hall–Kier alpha value is -2.92. The SMILES string of the molecule is COc1cc2c3c(c4ccc(C)cc4c2cc1CO)C(=N)[C@@H]1CCC(=O)N1C3. The number of carbonyl (C=O) groups excluding carboxylic acids is 1. The van der Waals surface area contributed by atoms with E-state index >= 15 is 0 Å². The van der Waals surface area contributed by atoms with Crippen LogP contribution < -0.4 is 4.74 Å². The second-order valence-electron chi connectivity index (χ2n) is 7.76.